The maximum absolute atomic E-state index is 9.73. The lowest BCUT2D eigenvalue weighted by atomic mass is 10.1. The molecule has 2 aromatic heterocycles. The van der Waals surface area contributed by atoms with E-state index in [9.17, 15) is 5.11 Å². The summed E-state index contributed by atoms with van der Waals surface area (Å²) in [7, 11) is 0. The number of imidazole rings is 1. The summed E-state index contributed by atoms with van der Waals surface area (Å²) in [6.07, 6.45) is 3.75. The van der Waals surface area contributed by atoms with Gasteiger partial charge in [-0.3, -0.25) is 14.2 Å². The predicted molar refractivity (Wildman–Crippen MR) is 114 cm³/mol. The van der Waals surface area contributed by atoms with Crippen molar-refractivity contribution in [2.24, 2.45) is 0 Å². The predicted octanol–water partition coefficient (Wildman–Crippen LogP) is 3.06. The fourth-order valence-corrected chi connectivity index (χ4v) is 5.19. The van der Waals surface area contributed by atoms with Gasteiger partial charge in [0.1, 0.15) is 12.4 Å². The fourth-order valence-electron chi connectivity index (χ4n) is 4.41. The van der Waals surface area contributed by atoms with Crippen molar-refractivity contribution in [3.63, 3.8) is 0 Å². The Hall–Kier alpha value is -1.93. The van der Waals surface area contributed by atoms with Crippen molar-refractivity contribution >= 4 is 16.3 Å². The molecular weight excluding hydrogens is 384 g/mol. The minimum atomic E-state index is -0.123. The van der Waals surface area contributed by atoms with Crippen molar-refractivity contribution in [1.29, 1.82) is 0 Å². The SMILES string of the molecule is Cc1nc2sccn2c1CN1CCOc2ccc(CN3CCC(O)CC3)cc2C1. The van der Waals surface area contributed by atoms with E-state index in [0.717, 1.165) is 68.5 Å². The van der Waals surface area contributed by atoms with Gasteiger partial charge in [0.05, 0.1) is 17.5 Å². The third kappa shape index (κ3) is 4.05. The molecular formula is C22H28N4O2S. The molecule has 154 valence electrons. The minimum Gasteiger partial charge on any atom is -0.492 e. The van der Waals surface area contributed by atoms with Gasteiger partial charge in [-0.1, -0.05) is 6.07 Å². The van der Waals surface area contributed by atoms with Crippen LogP contribution in [0, 0.1) is 6.92 Å². The van der Waals surface area contributed by atoms with E-state index >= 15 is 0 Å². The maximum Gasteiger partial charge on any atom is 0.194 e. The number of ether oxygens (including phenoxy) is 1. The minimum absolute atomic E-state index is 0.123. The Kier molecular flexibility index (Phi) is 5.30. The molecule has 0 saturated carbocycles. The summed E-state index contributed by atoms with van der Waals surface area (Å²) in [5, 5.41) is 11.8. The number of likely N-dealkylation sites (tertiary alicyclic amines) is 1. The molecule has 0 radical (unpaired) electrons. The molecule has 0 bridgehead atoms. The van der Waals surface area contributed by atoms with Gasteiger partial charge in [0.25, 0.3) is 0 Å². The Bertz CT molecular complexity index is 990. The first-order valence-corrected chi connectivity index (χ1v) is 11.3. The van der Waals surface area contributed by atoms with Crippen LogP contribution in [0.5, 0.6) is 5.75 Å². The largest absolute Gasteiger partial charge is 0.492 e. The average Bonchev–Trinajstić information content (AvgIpc) is 3.20. The highest BCUT2D eigenvalue weighted by Crippen LogP contribution is 2.27. The highest BCUT2D eigenvalue weighted by Gasteiger charge is 2.21. The van der Waals surface area contributed by atoms with E-state index in [1.54, 1.807) is 11.3 Å². The molecule has 0 aliphatic carbocycles. The highest BCUT2D eigenvalue weighted by atomic mass is 32.1. The van der Waals surface area contributed by atoms with Crippen molar-refractivity contribution in [3.05, 3.63) is 52.3 Å². The van der Waals surface area contributed by atoms with Crippen molar-refractivity contribution < 1.29 is 9.84 Å². The fraction of sp³-hybridized carbons (Fsp3) is 0.500. The third-order valence-electron chi connectivity index (χ3n) is 6.08. The van der Waals surface area contributed by atoms with Gasteiger partial charge in [-0.2, -0.15) is 0 Å². The number of benzene rings is 1. The Balaban J connectivity index is 1.32. The van der Waals surface area contributed by atoms with Crippen LogP contribution in [-0.2, 0) is 19.6 Å². The summed E-state index contributed by atoms with van der Waals surface area (Å²) in [5.74, 6) is 1.01. The lowest BCUT2D eigenvalue weighted by molar-refractivity contribution is 0.0792. The molecule has 5 rings (SSSR count). The van der Waals surface area contributed by atoms with Crippen LogP contribution in [0.2, 0.25) is 0 Å². The first kappa shape index (κ1) is 19.1. The van der Waals surface area contributed by atoms with E-state index < -0.39 is 0 Å². The quantitative estimate of drug-likeness (QED) is 0.714. The molecule has 0 atom stereocenters. The third-order valence-corrected chi connectivity index (χ3v) is 6.84. The van der Waals surface area contributed by atoms with Crippen LogP contribution in [0.3, 0.4) is 0 Å². The number of aliphatic hydroxyl groups is 1. The zero-order chi connectivity index (χ0) is 19.8. The summed E-state index contributed by atoms with van der Waals surface area (Å²) >= 11 is 1.68. The van der Waals surface area contributed by atoms with Crippen LogP contribution in [0.25, 0.3) is 4.96 Å². The normalized spacial score (nSPS) is 19.2. The molecule has 1 fully saturated rings. The first-order chi connectivity index (χ1) is 14.2. The standard InChI is InChI=1S/C22H28N4O2S/c1-16-20(26-9-11-29-22(26)23-16)15-25-8-10-28-21-3-2-17(12-18(21)14-25)13-24-6-4-19(27)5-7-24/h2-3,9,11-12,19,27H,4-8,10,13-15H2,1H3. The second-order valence-corrected chi connectivity index (χ2v) is 9.08. The molecule has 29 heavy (non-hydrogen) atoms. The van der Waals surface area contributed by atoms with Crippen molar-refractivity contribution in [2.45, 2.75) is 45.5 Å². The summed E-state index contributed by atoms with van der Waals surface area (Å²) in [6.45, 7) is 8.36. The highest BCUT2D eigenvalue weighted by molar-refractivity contribution is 7.15. The second-order valence-electron chi connectivity index (χ2n) is 8.21. The average molecular weight is 413 g/mol. The lowest BCUT2D eigenvalue weighted by Crippen LogP contribution is -2.35. The molecule has 2 aliphatic rings. The monoisotopic (exact) mass is 412 g/mol. The number of aromatic nitrogens is 2. The van der Waals surface area contributed by atoms with Gasteiger partial charge >= 0.3 is 0 Å². The summed E-state index contributed by atoms with van der Waals surface area (Å²) in [4.78, 5) is 10.7. The van der Waals surface area contributed by atoms with Crippen LogP contribution in [-0.4, -0.2) is 56.6 Å². The van der Waals surface area contributed by atoms with Crippen molar-refractivity contribution in [1.82, 2.24) is 19.2 Å². The van der Waals surface area contributed by atoms with Gasteiger partial charge in [0.2, 0.25) is 0 Å². The topological polar surface area (TPSA) is 53.2 Å². The molecule has 7 heteroatoms. The Labute approximate surface area is 175 Å². The summed E-state index contributed by atoms with van der Waals surface area (Å²) < 4.78 is 8.27. The van der Waals surface area contributed by atoms with Crippen LogP contribution >= 0.6 is 11.3 Å². The molecule has 6 nitrogen and oxygen atoms in total. The van der Waals surface area contributed by atoms with E-state index in [1.807, 2.05) is 0 Å². The molecule has 0 spiro atoms. The van der Waals surface area contributed by atoms with E-state index in [-0.39, 0.29) is 6.10 Å². The molecule has 0 amide bonds. The molecule has 0 unspecified atom stereocenters. The Morgan fingerprint density at radius 2 is 2.03 bits per heavy atom. The molecule has 1 saturated heterocycles. The maximum atomic E-state index is 9.73. The number of rotatable bonds is 4. The van der Waals surface area contributed by atoms with Crippen LogP contribution in [0.4, 0.5) is 0 Å². The number of nitrogens with zero attached hydrogens (tertiary/aromatic N) is 4. The van der Waals surface area contributed by atoms with Gasteiger partial charge in [-0.05, 0) is 37.5 Å². The molecule has 4 heterocycles. The molecule has 1 N–H and O–H groups in total. The Morgan fingerprint density at radius 1 is 1.17 bits per heavy atom. The van der Waals surface area contributed by atoms with E-state index in [4.69, 9.17) is 9.72 Å². The van der Waals surface area contributed by atoms with Gasteiger partial charge in [0, 0.05) is 56.4 Å². The van der Waals surface area contributed by atoms with Gasteiger partial charge in [0.15, 0.2) is 4.96 Å². The Morgan fingerprint density at radius 3 is 2.90 bits per heavy atom. The first-order valence-electron chi connectivity index (χ1n) is 10.4. The second kappa shape index (κ2) is 8.07. The molecule has 1 aromatic carbocycles. The summed E-state index contributed by atoms with van der Waals surface area (Å²) in [5.41, 5.74) is 4.98. The number of hydrogen-bond acceptors (Lipinski definition) is 6. The summed E-state index contributed by atoms with van der Waals surface area (Å²) in [6, 6.07) is 6.63. The van der Waals surface area contributed by atoms with Gasteiger partial charge in [-0.15, -0.1) is 11.3 Å². The van der Waals surface area contributed by atoms with Crippen molar-refractivity contribution in [2.75, 3.05) is 26.2 Å². The van der Waals surface area contributed by atoms with Crippen LogP contribution < -0.4 is 4.74 Å². The number of thiazole rings is 1. The smallest absolute Gasteiger partial charge is 0.194 e. The van der Waals surface area contributed by atoms with Crippen LogP contribution in [0.15, 0.2) is 29.8 Å². The number of aryl methyl sites for hydroxylation is 1. The lowest BCUT2D eigenvalue weighted by Gasteiger charge is -2.29. The van der Waals surface area contributed by atoms with Crippen LogP contribution in [0.1, 0.15) is 35.4 Å². The number of fused-ring (bicyclic) bond motifs is 2. The number of aliphatic hydroxyl groups excluding tert-OH is 1. The number of hydrogen-bond donors (Lipinski definition) is 1. The van der Waals surface area contributed by atoms with E-state index in [0.29, 0.717) is 6.61 Å². The zero-order valence-electron chi connectivity index (χ0n) is 16.9. The van der Waals surface area contributed by atoms with E-state index in [1.165, 1.54) is 16.8 Å². The van der Waals surface area contributed by atoms with Crippen molar-refractivity contribution in [3.8, 4) is 5.75 Å². The molecule has 2 aliphatic heterocycles. The van der Waals surface area contributed by atoms with Gasteiger partial charge in [-0.25, -0.2) is 4.98 Å². The van der Waals surface area contributed by atoms with Gasteiger partial charge < -0.3 is 9.84 Å². The number of piperidine rings is 1. The molecule has 3 aromatic rings. The van der Waals surface area contributed by atoms with E-state index in [2.05, 4.69) is 50.9 Å². The zero-order valence-corrected chi connectivity index (χ0v) is 17.7.